The maximum Gasteiger partial charge on any atom is 0.329 e. The van der Waals surface area contributed by atoms with Crippen molar-refractivity contribution in [3.05, 3.63) is 34.1 Å². The molecule has 1 heterocycles. The van der Waals surface area contributed by atoms with Crippen molar-refractivity contribution < 1.29 is 33.2 Å². The van der Waals surface area contributed by atoms with Gasteiger partial charge in [0, 0.05) is 11.8 Å². The number of carbonyl (C=O) groups excluding carboxylic acids is 4. The van der Waals surface area contributed by atoms with E-state index < -0.39 is 64.6 Å². The van der Waals surface area contributed by atoms with E-state index in [0.29, 0.717) is 12.8 Å². The minimum Gasteiger partial charge on any atom is -0.454 e. The molecule has 1 N–H and O–H groups in total. The van der Waals surface area contributed by atoms with Crippen LogP contribution in [0.5, 0.6) is 0 Å². The zero-order valence-corrected chi connectivity index (χ0v) is 16.1. The Kier molecular flexibility index (Phi) is 6.09. The molecule has 2 fully saturated rings. The smallest absolute Gasteiger partial charge is 0.329 e. The van der Waals surface area contributed by atoms with Crippen LogP contribution in [0, 0.1) is 27.8 Å². The fourth-order valence-electron chi connectivity index (χ4n) is 3.86. The number of nitro benzene ring substituents is 1. The molecule has 3 amide bonds. The summed E-state index contributed by atoms with van der Waals surface area (Å²) in [6.07, 6.45) is 2.93. The molecular weight excluding hydrogens is 401 g/mol. The lowest BCUT2D eigenvalue weighted by atomic mass is 9.81. The van der Waals surface area contributed by atoms with Gasteiger partial charge in [-0.15, -0.1) is 0 Å². The summed E-state index contributed by atoms with van der Waals surface area (Å²) in [7, 11) is 0. The summed E-state index contributed by atoms with van der Waals surface area (Å²) in [5, 5.41) is 13.0. The van der Waals surface area contributed by atoms with Crippen LogP contribution in [0.3, 0.4) is 0 Å². The number of imide groups is 1. The van der Waals surface area contributed by atoms with Gasteiger partial charge in [0.15, 0.2) is 6.61 Å². The number of hydrogen-bond acceptors (Lipinski definition) is 7. The monoisotopic (exact) mass is 421 g/mol. The van der Waals surface area contributed by atoms with Crippen molar-refractivity contribution in [1.82, 2.24) is 4.90 Å². The molecule has 1 aliphatic carbocycles. The van der Waals surface area contributed by atoms with Gasteiger partial charge in [-0.2, -0.15) is 4.39 Å². The number of hydrogen-bond donors (Lipinski definition) is 1. The van der Waals surface area contributed by atoms with Gasteiger partial charge in [-0.1, -0.05) is 12.8 Å². The fraction of sp³-hybridized carbons (Fsp3) is 0.474. The second-order valence-electron chi connectivity index (χ2n) is 7.30. The number of nitrogens with zero attached hydrogens (tertiary/aromatic N) is 2. The van der Waals surface area contributed by atoms with Crippen molar-refractivity contribution in [2.45, 2.75) is 38.6 Å². The summed E-state index contributed by atoms with van der Waals surface area (Å²) in [5.74, 6) is -4.38. The summed E-state index contributed by atoms with van der Waals surface area (Å²) in [6.45, 7) is 0.619. The van der Waals surface area contributed by atoms with E-state index in [4.69, 9.17) is 4.74 Å². The Morgan fingerprint density at radius 3 is 2.43 bits per heavy atom. The standard InChI is InChI=1S/C19H20FN3O7/c1-10(22-17(25)12-4-2-3-5-13(12)18(22)26)19(27)30-9-16(24)21-11-6-7-14(20)15(8-11)23(28)29/h6-8,10,12-13H,2-5,9H2,1H3,(H,21,24). The van der Waals surface area contributed by atoms with Crippen LogP contribution < -0.4 is 5.32 Å². The van der Waals surface area contributed by atoms with Gasteiger partial charge in [-0.05, 0) is 31.9 Å². The molecule has 0 radical (unpaired) electrons. The topological polar surface area (TPSA) is 136 Å². The average Bonchev–Trinajstić information content (AvgIpc) is 2.97. The molecule has 11 heteroatoms. The molecule has 1 aromatic rings. The van der Waals surface area contributed by atoms with Crippen molar-refractivity contribution in [1.29, 1.82) is 0 Å². The molecule has 0 aromatic heterocycles. The Labute approximate surface area is 170 Å². The number of benzene rings is 1. The van der Waals surface area contributed by atoms with E-state index in [1.165, 1.54) is 6.92 Å². The molecule has 1 aliphatic heterocycles. The zero-order valence-electron chi connectivity index (χ0n) is 16.1. The van der Waals surface area contributed by atoms with Crippen LogP contribution in [0.1, 0.15) is 32.6 Å². The SMILES string of the molecule is CC(C(=O)OCC(=O)Nc1ccc(F)c([N+](=O)[O-])c1)N1C(=O)C2CCCCC2C1=O. The molecule has 1 aromatic carbocycles. The van der Waals surface area contributed by atoms with Gasteiger partial charge in [0.2, 0.25) is 17.6 Å². The number of fused-ring (bicyclic) bond motifs is 1. The molecule has 1 saturated carbocycles. The molecule has 3 rings (SSSR count). The first-order chi connectivity index (χ1) is 14.2. The number of likely N-dealkylation sites (tertiary alicyclic amines) is 1. The summed E-state index contributed by atoms with van der Waals surface area (Å²) in [5.41, 5.74) is -0.864. The Morgan fingerprint density at radius 1 is 1.27 bits per heavy atom. The predicted octanol–water partition coefficient (Wildman–Crippen LogP) is 1.78. The van der Waals surface area contributed by atoms with E-state index in [1.807, 2.05) is 0 Å². The Morgan fingerprint density at radius 2 is 1.87 bits per heavy atom. The number of anilines is 1. The Hall–Kier alpha value is -3.37. The first-order valence-corrected chi connectivity index (χ1v) is 9.48. The third-order valence-electron chi connectivity index (χ3n) is 5.38. The van der Waals surface area contributed by atoms with Gasteiger partial charge < -0.3 is 10.1 Å². The largest absolute Gasteiger partial charge is 0.454 e. The summed E-state index contributed by atoms with van der Waals surface area (Å²) in [4.78, 5) is 60.0. The van der Waals surface area contributed by atoms with Crippen molar-refractivity contribution >= 4 is 35.1 Å². The van der Waals surface area contributed by atoms with Gasteiger partial charge in [0.1, 0.15) is 6.04 Å². The van der Waals surface area contributed by atoms with Crippen LogP contribution in [-0.2, 0) is 23.9 Å². The predicted molar refractivity (Wildman–Crippen MR) is 99.4 cm³/mol. The molecule has 3 atom stereocenters. The van der Waals surface area contributed by atoms with E-state index in [0.717, 1.165) is 35.9 Å². The van der Waals surface area contributed by atoms with Crippen molar-refractivity contribution in [2.75, 3.05) is 11.9 Å². The van der Waals surface area contributed by atoms with E-state index in [9.17, 15) is 33.7 Å². The lowest BCUT2D eigenvalue weighted by Crippen LogP contribution is -2.45. The first-order valence-electron chi connectivity index (χ1n) is 9.48. The normalized spacial score (nSPS) is 21.7. The summed E-state index contributed by atoms with van der Waals surface area (Å²) >= 11 is 0. The highest BCUT2D eigenvalue weighted by molar-refractivity contribution is 6.08. The number of halogens is 1. The van der Waals surface area contributed by atoms with E-state index >= 15 is 0 Å². The molecule has 3 unspecified atom stereocenters. The summed E-state index contributed by atoms with van der Waals surface area (Å²) in [6, 6.07) is 1.61. The number of rotatable bonds is 6. The third-order valence-corrected chi connectivity index (χ3v) is 5.38. The van der Waals surface area contributed by atoms with Gasteiger partial charge >= 0.3 is 11.7 Å². The van der Waals surface area contributed by atoms with Crippen LogP contribution in [0.2, 0.25) is 0 Å². The zero-order chi connectivity index (χ0) is 22.0. The molecule has 0 bridgehead atoms. The van der Waals surface area contributed by atoms with Crippen LogP contribution in [0.4, 0.5) is 15.8 Å². The molecule has 10 nitrogen and oxygen atoms in total. The fourth-order valence-corrected chi connectivity index (χ4v) is 3.86. The minimum atomic E-state index is -1.17. The van der Waals surface area contributed by atoms with E-state index in [1.54, 1.807) is 0 Å². The minimum absolute atomic E-state index is 0.0498. The Balaban J connectivity index is 1.57. The molecule has 0 spiro atoms. The summed E-state index contributed by atoms with van der Waals surface area (Å²) < 4.78 is 18.2. The molecule has 1 saturated heterocycles. The van der Waals surface area contributed by atoms with Gasteiger partial charge in [-0.3, -0.25) is 29.4 Å². The number of nitro groups is 1. The third kappa shape index (κ3) is 4.14. The quantitative estimate of drug-likeness (QED) is 0.320. The number of esters is 1. The highest BCUT2D eigenvalue weighted by atomic mass is 19.1. The molecule has 160 valence electrons. The van der Waals surface area contributed by atoms with Crippen molar-refractivity contribution in [3.63, 3.8) is 0 Å². The second kappa shape index (κ2) is 8.56. The molecule has 2 aliphatic rings. The number of amides is 3. The van der Waals surface area contributed by atoms with Crippen molar-refractivity contribution in [2.24, 2.45) is 11.8 Å². The first kappa shape index (κ1) is 21.3. The van der Waals surface area contributed by atoms with Gasteiger partial charge in [-0.25, -0.2) is 4.79 Å². The maximum atomic E-state index is 13.3. The second-order valence-corrected chi connectivity index (χ2v) is 7.30. The number of carbonyl (C=O) groups is 4. The number of nitrogens with one attached hydrogen (secondary N) is 1. The van der Waals surface area contributed by atoms with E-state index in [-0.39, 0.29) is 5.69 Å². The van der Waals surface area contributed by atoms with Crippen LogP contribution in [0.25, 0.3) is 0 Å². The lowest BCUT2D eigenvalue weighted by Gasteiger charge is -2.21. The molecular formula is C19H20FN3O7. The highest BCUT2D eigenvalue weighted by Crippen LogP contribution is 2.38. The number of ether oxygens (including phenoxy) is 1. The van der Waals surface area contributed by atoms with Gasteiger partial charge in [0.05, 0.1) is 16.8 Å². The maximum absolute atomic E-state index is 13.3. The highest BCUT2D eigenvalue weighted by Gasteiger charge is 2.51. The van der Waals surface area contributed by atoms with Gasteiger partial charge in [0.25, 0.3) is 5.91 Å². The van der Waals surface area contributed by atoms with Crippen molar-refractivity contribution in [3.8, 4) is 0 Å². The average molecular weight is 421 g/mol. The van der Waals surface area contributed by atoms with E-state index in [2.05, 4.69) is 5.32 Å². The van der Waals surface area contributed by atoms with Crippen LogP contribution in [-0.4, -0.2) is 46.2 Å². The lowest BCUT2D eigenvalue weighted by molar-refractivity contribution is -0.387. The van der Waals surface area contributed by atoms with Crippen LogP contribution >= 0.6 is 0 Å². The van der Waals surface area contributed by atoms with Crippen LogP contribution in [0.15, 0.2) is 18.2 Å². The molecule has 30 heavy (non-hydrogen) atoms. The Bertz CT molecular complexity index is 895.